The van der Waals surface area contributed by atoms with Crippen LogP contribution in [0.15, 0.2) is 47.1 Å². The molecule has 0 bridgehead atoms. The Morgan fingerprint density at radius 2 is 1.89 bits per heavy atom. The van der Waals surface area contributed by atoms with Crippen molar-refractivity contribution in [2.75, 3.05) is 25.0 Å². The Kier molecular flexibility index (Phi) is 3.55. The Morgan fingerprint density at radius 3 is 2.67 bits per heavy atom. The number of nitrogens with one attached hydrogen (secondary N) is 2. The summed E-state index contributed by atoms with van der Waals surface area (Å²) in [7, 11) is 0. The lowest BCUT2D eigenvalue weighted by atomic mass is 9.84. The van der Waals surface area contributed by atoms with E-state index in [-0.39, 0.29) is 17.4 Å². The zero-order chi connectivity index (χ0) is 18.5. The third kappa shape index (κ3) is 2.70. The molecule has 0 radical (unpaired) electrons. The molecule has 7 heteroatoms. The van der Waals surface area contributed by atoms with E-state index in [1.807, 2.05) is 24.3 Å². The summed E-state index contributed by atoms with van der Waals surface area (Å²) >= 11 is 0. The first-order valence-electron chi connectivity index (χ1n) is 9.25. The predicted molar refractivity (Wildman–Crippen MR) is 97.4 cm³/mol. The second-order valence-corrected chi connectivity index (χ2v) is 7.62. The molecule has 7 nitrogen and oxygen atoms in total. The highest BCUT2D eigenvalue weighted by atomic mass is 16.5. The van der Waals surface area contributed by atoms with E-state index in [2.05, 4.69) is 10.6 Å². The minimum absolute atomic E-state index is 0.0737. The van der Waals surface area contributed by atoms with Gasteiger partial charge in [-0.25, -0.2) is 0 Å². The molecule has 2 aromatic rings. The molecule has 2 fully saturated rings. The molecule has 2 amide bonds. The number of anilines is 1. The maximum Gasteiger partial charge on any atom is 0.289 e. The minimum Gasteiger partial charge on any atom is -0.459 e. The number of furan rings is 1. The number of amides is 2. The first-order valence-corrected chi connectivity index (χ1v) is 9.25. The van der Waals surface area contributed by atoms with Crippen LogP contribution in [0.5, 0.6) is 0 Å². The number of hydrogen-bond donors (Lipinski definition) is 2. The van der Waals surface area contributed by atoms with Gasteiger partial charge in [0.25, 0.3) is 11.8 Å². The number of ether oxygens (including phenoxy) is 1. The molecule has 140 valence electrons. The van der Waals surface area contributed by atoms with Crippen LogP contribution in [0.1, 0.15) is 40.2 Å². The van der Waals surface area contributed by atoms with Crippen LogP contribution in [-0.4, -0.2) is 47.7 Å². The van der Waals surface area contributed by atoms with Crippen molar-refractivity contribution in [1.82, 2.24) is 10.2 Å². The second kappa shape index (κ2) is 5.85. The fourth-order valence-electron chi connectivity index (χ4n) is 4.45. The topological polar surface area (TPSA) is 83.8 Å². The summed E-state index contributed by atoms with van der Waals surface area (Å²) in [5.74, 6) is 0.212. The van der Waals surface area contributed by atoms with Crippen molar-refractivity contribution in [2.45, 2.75) is 30.5 Å². The van der Waals surface area contributed by atoms with E-state index < -0.39 is 5.66 Å². The normalized spacial score (nSPS) is 25.9. The van der Waals surface area contributed by atoms with Gasteiger partial charge in [-0.2, -0.15) is 0 Å². The van der Waals surface area contributed by atoms with Crippen LogP contribution in [0.4, 0.5) is 5.69 Å². The van der Waals surface area contributed by atoms with Crippen LogP contribution in [0.25, 0.3) is 0 Å². The van der Waals surface area contributed by atoms with E-state index >= 15 is 0 Å². The number of piperidine rings is 1. The van der Waals surface area contributed by atoms with Gasteiger partial charge in [-0.05, 0) is 37.1 Å². The first-order chi connectivity index (χ1) is 13.1. The third-order valence-electron chi connectivity index (χ3n) is 5.84. The van der Waals surface area contributed by atoms with Gasteiger partial charge in [-0.1, -0.05) is 12.1 Å². The van der Waals surface area contributed by atoms with E-state index in [1.54, 1.807) is 17.0 Å². The monoisotopic (exact) mass is 367 g/mol. The lowest BCUT2D eigenvalue weighted by molar-refractivity contribution is -0.0397. The number of rotatable bonds is 1. The summed E-state index contributed by atoms with van der Waals surface area (Å²) in [6.07, 6.45) is 3.67. The van der Waals surface area contributed by atoms with E-state index in [9.17, 15) is 9.59 Å². The van der Waals surface area contributed by atoms with Gasteiger partial charge in [-0.3, -0.25) is 9.59 Å². The van der Waals surface area contributed by atoms with Gasteiger partial charge in [-0.15, -0.1) is 0 Å². The van der Waals surface area contributed by atoms with E-state index in [0.717, 1.165) is 18.5 Å². The lowest BCUT2D eigenvalue weighted by Crippen LogP contribution is -2.59. The molecule has 3 aliphatic rings. The van der Waals surface area contributed by atoms with Crippen molar-refractivity contribution >= 4 is 17.5 Å². The Labute approximate surface area is 156 Å². The summed E-state index contributed by atoms with van der Waals surface area (Å²) < 4.78 is 11.4. The maximum atomic E-state index is 12.5. The second-order valence-electron chi connectivity index (χ2n) is 7.62. The van der Waals surface area contributed by atoms with Gasteiger partial charge in [0.15, 0.2) is 5.76 Å². The zero-order valence-electron chi connectivity index (χ0n) is 14.9. The first kappa shape index (κ1) is 16.4. The van der Waals surface area contributed by atoms with Gasteiger partial charge in [0.2, 0.25) is 0 Å². The SMILES string of the molecule is O=C1NC2(COC3(CCN(C(=O)c4ccco4)CC3)C2)Nc2ccccc21. The fourth-order valence-corrected chi connectivity index (χ4v) is 4.45. The Bertz CT molecular complexity index is 886. The van der Waals surface area contributed by atoms with Crippen molar-refractivity contribution in [1.29, 1.82) is 0 Å². The molecule has 1 aromatic heterocycles. The van der Waals surface area contributed by atoms with Gasteiger partial charge >= 0.3 is 0 Å². The summed E-state index contributed by atoms with van der Waals surface area (Å²) in [6, 6.07) is 10.9. The fraction of sp³-hybridized carbons (Fsp3) is 0.400. The van der Waals surface area contributed by atoms with Crippen molar-refractivity contribution in [2.24, 2.45) is 0 Å². The number of carbonyl (C=O) groups is 2. The number of carbonyl (C=O) groups excluding carboxylic acids is 2. The number of nitrogens with zero attached hydrogens (tertiary/aromatic N) is 1. The van der Waals surface area contributed by atoms with Gasteiger partial charge in [0.1, 0.15) is 5.66 Å². The molecule has 1 aromatic carbocycles. The summed E-state index contributed by atoms with van der Waals surface area (Å²) in [5, 5.41) is 6.58. The summed E-state index contributed by atoms with van der Waals surface area (Å²) in [6.45, 7) is 1.64. The molecule has 2 N–H and O–H groups in total. The quantitative estimate of drug-likeness (QED) is 0.808. The molecule has 27 heavy (non-hydrogen) atoms. The minimum atomic E-state index is -0.585. The van der Waals surface area contributed by atoms with Crippen LogP contribution >= 0.6 is 0 Å². The average Bonchev–Trinajstić information content (AvgIpc) is 3.31. The molecule has 1 atom stereocenters. The molecule has 0 saturated carbocycles. The van der Waals surface area contributed by atoms with E-state index in [1.165, 1.54) is 6.26 Å². The highest BCUT2D eigenvalue weighted by Crippen LogP contribution is 2.43. The molecule has 1 unspecified atom stereocenters. The zero-order valence-corrected chi connectivity index (χ0v) is 14.9. The molecule has 4 heterocycles. The van der Waals surface area contributed by atoms with Crippen molar-refractivity contribution in [3.8, 4) is 0 Å². The largest absolute Gasteiger partial charge is 0.459 e. The van der Waals surface area contributed by atoms with Crippen LogP contribution in [0, 0.1) is 0 Å². The van der Waals surface area contributed by atoms with Gasteiger partial charge in [0.05, 0.1) is 24.0 Å². The average molecular weight is 367 g/mol. The standard InChI is InChI=1S/C20H21N3O4/c24-17-14-4-1-2-5-15(14)21-20(22-17)12-19(27-13-20)7-9-23(10-8-19)18(25)16-6-3-11-26-16/h1-6,11,21H,7-10,12-13H2,(H,22,24). The highest BCUT2D eigenvalue weighted by molar-refractivity contribution is 6.02. The van der Waals surface area contributed by atoms with E-state index in [0.29, 0.717) is 37.4 Å². The van der Waals surface area contributed by atoms with Crippen LogP contribution in [0.3, 0.4) is 0 Å². The third-order valence-corrected chi connectivity index (χ3v) is 5.84. The predicted octanol–water partition coefficient (Wildman–Crippen LogP) is 2.23. The highest BCUT2D eigenvalue weighted by Gasteiger charge is 2.53. The van der Waals surface area contributed by atoms with Gasteiger partial charge in [0, 0.05) is 25.2 Å². The van der Waals surface area contributed by atoms with E-state index in [4.69, 9.17) is 9.15 Å². The maximum absolute atomic E-state index is 12.5. The Balaban J connectivity index is 1.29. The van der Waals surface area contributed by atoms with Crippen LogP contribution in [0.2, 0.25) is 0 Å². The van der Waals surface area contributed by atoms with Gasteiger partial charge < -0.3 is 24.7 Å². The number of hydrogen-bond acceptors (Lipinski definition) is 5. The smallest absolute Gasteiger partial charge is 0.289 e. The Morgan fingerprint density at radius 1 is 1.07 bits per heavy atom. The number of para-hydroxylation sites is 1. The molecular formula is C20H21N3O4. The molecule has 5 rings (SSSR count). The number of fused-ring (bicyclic) bond motifs is 1. The molecule has 3 aliphatic heterocycles. The number of likely N-dealkylation sites (tertiary alicyclic amines) is 1. The molecule has 0 aliphatic carbocycles. The van der Waals surface area contributed by atoms with Crippen LogP contribution < -0.4 is 10.6 Å². The lowest BCUT2D eigenvalue weighted by Gasteiger charge is -2.40. The van der Waals surface area contributed by atoms with Crippen molar-refractivity contribution in [3.63, 3.8) is 0 Å². The van der Waals surface area contributed by atoms with Crippen LogP contribution in [-0.2, 0) is 4.74 Å². The Hall–Kier alpha value is -2.80. The summed E-state index contributed by atoms with van der Waals surface area (Å²) in [5.41, 5.74) is 0.584. The summed E-state index contributed by atoms with van der Waals surface area (Å²) in [4.78, 5) is 26.8. The molecule has 2 saturated heterocycles. The number of benzene rings is 1. The van der Waals surface area contributed by atoms with Crippen molar-refractivity contribution < 1.29 is 18.7 Å². The molecular weight excluding hydrogens is 346 g/mol. The molecule has 2 spiro atoms. The van der Waals surface area contributed by atoms with Crippen molar-refractivity contribution in [3.05, 3.63) is 54.0 Å².